The summed E-state index contributed by atoms with van der Waals surface area (Å²) in [6.07, 6.45) is 5.20. The summed E-state index contributed by atoms with van der Waals surface area (Å²) >= 11 is 0. The third-order valence-corrected chi connectivity index (χ3v) is 5.23. The van der Waals surface area contributed by atoms with Crippen LogP contribution in [-0.4, -0.2) is 70.9 Å². The maximum absolute atomic E-state index is 12.8. The highest BCUT2D eigenvalue weighted by molar-refractivity contribution is 5.93. The van der Waals surface area contributed by atoms with Gasteiger partial charge in [0.25, 0.3) is 0 Å². The Morgan fingerprint density at radius 1 is 1.11 bits per heavy atom. The molecule has 2 aliphatic rings. The van der Waals surface area contributed by atoms with E-state index >= 15 is 0 Å². The Kier molecular flexibility index (Phi) is 5.57. The van der Waals surface area contributed by atoms with E-state index < -0.39 is 0 Å². The van der Waals surface area contributed by atoms with Crippen LogP contribution in [-0.2, 0) is 9.53 Å². The molecule has 0 radical (unpaired) electrons. The Balaban J connectivity index is 1.38. The number of ether oxygens (including phenoxy) is 1. The first-order chi connectivity index (χ1) is 13.7. The fraction of sp³-hybridized carbons (Fsp3) is 0.450. The lowest BCUT2D eigenvalue weighted by molar-refractivity contribution is -0.121. The van der Waals surface area contributed by atoms with Crippen molar-refractivity contribution in [3.63, 3.8) is 0 Å². The van der Waals surface area contributed by atoms with Gasteiger partial charge in [0.2, 0.25) is 5.91 Å². The molecule has 148 valence electrons. The summed E-state index contributed by atoms with van der Waals surface area (Å²) in [5.74, 6) is -0.246. The van der Waals surface area contributed by atoms with E-state index in [4.69, 9.17) is 4.74 Å². The van der Waals surface area contributed by atoms with Gasteiger partial charge in [0.15, 0.2) is 0 Å². The van der Waals surface area contributed by atoms with Crippen LogP contribution in [0.4, 0.5) is 10.5 Å². The summed E-state index contributed by atoms with van der Waals surface area (Å²) < 4.78 is 7.07. The van der Waals surface area contributed by atoms with Gasteiger partial charge in [-0.2, -0.15) is 5.10 Å². The van der Waals surface area contributed by atoms with Crippen LogP contribution in [0.25, 0.3) is 5.69 Å². The van der Waals surface area contributed by atoms with Gasteiger partial charge in [-0.3, -0.25) is 4.79 Å². The predicted molar refractivity (Wildman–Crippen MR) is 104 cm³/mol. The summed E-state index contributed by atoms with van der Waals surface area (Å²) in [6.45, 7) is 3.56. The zero-order valence-corrected chi connectivity index (χ0v) is 15.8. The summed E-state index contributed by atoms with van der Waals surface area (Å²) in [4.78, 5) is 29.1. The number of rotatable bonds is 3. The highest BCUT2D eigenvalue weighted by atomic mass is 16.5. The smallest absolute Gasteiger partial charge is 0.320 e. The van der Waals surface area contributed by atoms with Gasteiger partial charge < -0.3 is 19.9 Å². The van der Waals surface area contributed by atoms with Gasteiger partial charge >= 0.3 is 6.03 Å². The molecule has 1 unspecified atom stereocenters. The van der Waals surface area contributed by atoms with Crippen LogP contribution < -0.4 is 5.32 Å². The lowest BCUT2D eigenvalue weighted by Gasteiger charge is -2.37. The van der Waals surface area contributed by atoms with Crippen molar-refractivity contribution in [2.75, 3.05) is 44.7 Å². The molecule has 0 saturated carbocycles. The average molecular weight is 383 g/mol. The largest absolute Gasteiger partial charge is 0.378 e. The Bertz CT molecular complexity index is 817. The normalized spacial score (nSPS) is 20.1. The number of amides is 3. The minimum absolute atomic E-state index is 0.0153. The molecule has 2 aliphatic heterocycles. The molecule has 2 fully saturated rings. The number of hydrogen-bond donors (Lipinski definition) is 1. The molecular formula is C20H25N5O3. The van der Waals surface area contributed by atoms with E-state index in [1.165, 1.54) is 0 Å². The molecule has 8 nitrogen and oxygen atoms in total. The molecule has 28 heavy (non-hydrogen) atoms. The molecule has 1 aromatic heterocycles. The molecule has 3 heterocycles. The first-order valence-electron chi connectivity index (χ1n) is 9.73. The van der Waals surface area contributed by atoms with Crippen molar-refractivity contribution in [1.82, 2.24) is 19.6 Å². The molecule has 1 atom stereocenters. The second-order valence-electron chi connectivity index (χ2n) is 7.16. The zero-order valence-electron chi connectivity index (χ0n) is 15.8. The highest BCUT2D eigenvalue weighted by Gasteiger charge is 2.31. The SMILES string of the molecule is O=C(Nc1cccc(-n2cccn2)c1)C1CCCN(C(=O)N2CCOCC2)C1. The van der Waals surface area contributed by atoms with E-state index in [2.05, 4.69) is 10.4 Å². The summed E-state index contributed by atoms with van der Waals surface area (Å²) in [5.41, 5.74) is 1.62. The predicted octanol–water partition coefficient (Wildman–Crippen LogP) is 1.97. The Hall–Kier alpha value is -2.87. The maximum Gasteiger partial charge on any atom is 0.320 e. The fourth-order valence-corrected chi connectivity index (χ4v) is 3.71. The number of benzene rings is 1. The summed E-state index contributed by atoms with van der Waals surface area (Å²) in [7, 11) is 0. The quantitative estimate of drug-likeness (QED) is 0.879. The van der Waals surface area contributed by atoms with Crippen LogP contribution in [0.3, 0.4) is 0 Å². The van der Waals surface area contributed by atoms with Crippen molar-refractivity contribution >= 4 is 17.6 Å². The average Bonchev–Trinajstić information content (AvgIpc) is 3.29. The second kappa shape index (κ2) is 8.43. The molecule has 0 spiro atoms. The van der Waals surface area contributed by atoms with Crippen molar-refractivity contribution in [2.24, 2.45) is 5.92 Å². The van der Waals surface area contributed by atoms with Crippen molar-refractivity contribution in [3.05, 3.63) is 42.7 Å². The zero-order chi connectivity index (χ0) is 19.3. The Morgan fingerprint density at radius 3 is 2.75 bits per heavy atom. The minimum atomic E-state index is -0.202. The van der Waals surface area contributed by atoms with E-state index in [0.717, 1.165) is 24.2 Å². The third kappa shape index (κ3) is 4.17. The molecule has 0 aliphatic carbocycles. The van der Waals surface area contributed by atoms with Gasteiger partial charge in [-0.15, -0.1) is 0 Å². The number of carbonyl (C=O) groups is 2. The molecule has 8 heteroatoms. The first-order valence-corrected chi connectivity index (χ1v) is 9.73. The van der Waals surface area contributed by atoms with Crippen LogP contribution in [0.5, 0.6) is 0 Å². The lowest BCUT2D eigenvalue weighted by Crippen LogP contribution is -2.52. The Morgan fingerprint density at radius 2 is 1.96 bits per heavy atom. The first kappa shape index (κ1) is 18.5. The van der Waals surface area contributed by atoms with Crippen LogP contribution in [0.1, 0.15) is 12.8 Å². The number of hydrogen-bond acceptors (Lipinski definition) is 4. The maximum atomic E-state index is 12.8. The Labute approximate surface area is 164 Å². The van der Waals surface area contributed by atoms with Crippen LogP contribution in [0, 0.1) is 5.92 Å². The molecule has 4 rings (SSSR count). The topological polar surface area (TPSA) is 79.7 Å². The molecule has 0 bridgehead atoms. The van der Waals surface area contributed by atoms with E-state index in [9.17, 15) is 9.59 Å². The van der Waals surface area contributed by atoms with Gasteiger partial charge in [0, 0.05) is 44.3 Å². The second-order valence-corrected chi connectivity index (χ2v) is 7.16. The highest BCUT2D eigenvalue weighted by Crippen LogP contribution is 2.21. The van der Waals surface area contributed by atoms with Gasteiger partial charge in [-0.05, 0) is 37.1 Å². The standard InChI is InChI=1S/C20H25N5O3/c26-19(22-17-5-1-6-18(14-17)25-9-3-7-21-25)16-4-2-8-24(15-16)20(27)23-10-12-28-13-11-23/h1,3,5-7,9,14,16H,2,4,8,10-13,15H2,(H,22,26). The van der Waals surface area contributed by atoms with Crippen LogP contribution in [0.2, 0.25) is 0 Å². The number of anilines is 1. The third-order valence-electron chi connectivity index (χ3n) is 5.23. The number of morpholine rings is 1. The van der Waals surface area contributed by atoms with E-state index in [-0.39, 0.29) is 17.9 Å². The number of carbonyl (C=O) groups excluding carboxylic acids is 2. The van der Waals surface area contributed by atoms with Crippen LogP contribution in [0.15, 0.2) is 42.7 Å². The van der Waals surface area contributed by atoms with E-state index in [1.807, 2.05) is 41.4 Å². The molecule has 2 aromatic rings. The van der Waals surface area contributed by atoms with Crippen molar-refractivity contribution < 1.29 is 14.3 Å². The van der Waals surface area contributed by atoms with Gasteiger partial charge in [0.1, 0.15) is 0 Å². The lowest BCUT2D eigenvalue weighted by atomic mass is 9.97. The van der Waals surface area contributed by atoms with E-state index in [0.29, 0.717) is 39.4 Å². The van der Waals surface area contributed by atoms with Gasteiger partial charge in [0.05, 0.1) is 24.8 Å². The number of likely N-dealkylation sites (tertiary alicyclic amines) is 1. The van der Waals surface area contributed by atoms with E-state index in [1.54, 1.807) is 15.8 Å². The number of urea groups is 1. The molecule has 3 amide bonds. The summed E-state index contributed by atoms with van der Waals surface area (Å²) in [6, 6.07) is 9.46. The van der Waals surface area contributed by atoms with Crippen molar-refractivity contribution in [3.8, 4) is 5.69 Å². The fourth-order valence-electron chi connectivity index (χ4n) is 3.71. The molecule has 1 aromatic carbocycles. The van der Waals surface area contributed by atoms with Gasteiger partial charge in [-0.1, -0.05) is 6.07 Å². The minimum Gasteiger partial charge on any atom is -0.378 e. The molecular weight excluding hydrogens is 358 g/mol. The summed E-state index contributed by atoms with van der Waals surface area (Å²) in [5, 5.41) is 7.22. The number of nitrogens with one attached hydrogen (secondary N) is 1. The van der Waals surface area contributed by atoms with Crippen LogP contribution >= 0.6 is 0 Å². The monoisotopic (exact) mass is 383 g/mol. The number of nitrogens with zero attached hydrogens (tertiary/aromatic N) is 4. The van der Waals surface area contributed by atoms with Crippen molar-refractivity contribution in [1.29, 1.82) is 0 Å². The number of aromatic nitrogens is 2. The van der Waals surface area contributed by atoms with Crippen molar-refractivity contribution in [2.45, 2.75) is 12.8 Å². The number of piperidine rings is 1. The molecule has 2 saturated heterocycles. The molecule has 1 N–H and O–H groups in total. The van der Waals surface area contributed by atoms with Gasteiger partial charge in [-0.25, -0.2) is 9.48 Å².